The summed E-state index contributed by atoms with van der Waals surface area (Å²) in [6.07, 6.45) is 2.04. The van der Waals surface area contributed by atoms with Gasteiger partial charge in [0.25, 0.3) is 0 Å². The number of pyridine rings is 1. The summed E-state index contributed by atoms with van der Waals surface area (Å²) in [5, 5.41) is 7.03. The third-order valence-corrected chi connectivity index (χ3v) is 7.78. The van der Waals surface area contributed by atoms with E-state index in [1.165, 1.54) is 7.11 Å². The van der Waals surface area contributed by atoms with Crippen molar-refractivity contribution in [1.82, 2.24) is 19.8 Å². The molecule has 0 bridgehead atoms. The van der Waals surface area contributed by atoms with E-state index in [1.807, 2.05) is 74.5 Å². The largest absolute Gasteiger partial charge is 0.465 e. The predicted octanol–water partition coefficient (Wildman–Crippen LogP) is 5.59. The molecule has 0 unspecified atom stereocenters. The van der Waals surface area contributed by atoms with Crippen LogP contribution in [0.25, 0.3) is 5.69 Å². The molecule has 41 heavy (non-hydrogen) atoms. The summed E-state index contributed by atoms with van der Waals surface area (Å²) in [6, 6.07) is 22.7. The van der Waals surface area contributed by atoms with Crippen molar-refractivity contribution >= 4 is 34.9 Å². The Kier molecular flexibility index (Phi) is 8.16. The van der Waals surface area contributed by atoms with Gasteiger partial charge in [-0.25, -0.2) is 4.79 Å². The molecule has 0 aliphatic carbocycles. The first kappa shape index (κ1) is 28.0. The van der Waals surface area contributed by atoms with Crippen LogP contribution in [0.1, 0.15) is 57.1 Å². The van der Waals surface area contributed by atoms with Crippen molar-refractivity contribution in [3.8, 4) is 5.69 Å². The van der Waals surface area contributed by atoms with E-state index >= 15 is 0 Å². The van der Waals surface area contributed by atoms with Crippen LogP contribution in [-0.2, 0) is 9.53 Å². The second kappa shape index (κ2) is 11.9. The lowest BCUT2D eigenvalue weighted by Gasteiger charge is -2.28. The summed E-state index contributed by atoms with van der Waals surface area (Å²) in [7, 11) is 1.38. The molecule has 5 rings (SSSR count). The average Bonchev–Trinajstić information content (AvgIpc) is 3.47. The molecular weight excluding hydrogens is 534 g/mol. The minimum Gasteiger partial charge on any atom is -0.465 e. The van der Waals surface area contributed by atoms with Crippen LogP contribution in [0.5, 0.6) is 0 Å². The summed E-state index contributed by atoms with van der Waals surface area (Å²) >= 11 is 5.82. The lowest BCUT2D eigenvalue weighted by molar-refractivity contribution is -0.116. The maximum absolute atomic E-state index is 12.9. The first-order valence-corrected chi connectivity index (χ1v) is 13.9. The van der Waals surface area contributed by atoms with Crippen molar-refractivity contribution in [3.05, 3.63) is 113 Å². The quantitative estimate of drug-likeness (QED) is 0.212. The Morgan fingerprint density at radius 3 is 2.51 bits per heavy atom. The van der Waals surface area contributed by atoms with Crippen LogP contribution in [0.15, 0.2) is 79.0 Å². The fourth-order valence-electron chi connectivity index (χ4n) is 5.44. The maximum atomic E-state index is 12.9. The second-order valence-corrected chi connectivity index (χ2v) is 10.6. The van der Waals surface area contributed by atoms with Crippen molar-refractivity contribution in [2.24, 2.45) is 0 Å². The van der Waals surface area contributed by atoms with E-state index < -0.39 is 0 Å². The van der Waals surface area contributed by atoms with Crippen LogP contribution in [0.4, 0.5) is 5.69 Å². The molecule has 2 N–H and O–H groups in total. The maximum Gasteiger partial charge on any atom is 0.337 e. The third-order valence-electron chi connectivity index (χ3n) is 7.43. The van der Waals surface area contributed by atoms with Crippen LogP contribution >= 0.6 is 12.2 Å². The molecule has 4 aromatic rings. The van der Waals surface area contributed by atoms with Gasteiger partial charge in [0.05, 0.1) is 30.5 Å². The fraction of sp³-hybridized carbons (Fsp3) is 0.250. The summed E-state index contributed by atoms with van der Waals surface area (Å²) in [4.78, 5) is 31.9. The number of aryl methyl sites for hydroxylation is 2. The van der Waals surface area contributed by atoms with Crippen molar-refractivity contribution in [3.63, 3.8) is 0 Å². The molecule has 0 saturated carbocycles. The molecule has 0 radical (unpaired) electrons. The van der Waals surface area contributed by atoms with E-state index in [0.29, 0.717) is 17.2 Å². The van der Waals surface area contributed by atoms with E-state index in [1.54, 1.807) is 12.3 Å². The Morgan fingerprint density at radius 2 is 1.80 bits per heavy atom. The predicted molar refractivity (Wildman–Crippen MR) is 163 cm³/mol. The van der Waals surface area contributed by atoms with Gasteiger partial charge in [-0.2, -0.15) is 0 Å². The number of thiocarbonyl (C=S) groups is 1. The number of benzene rings is 2. The Bertz CT molecular complexity index is 1580. The van der Waals surface area contributed by atoms with Gasteiger partial charge >= 0.3 is 5.97 Å². The van der Waals surface area contributed by atoms with Gasteiger partial charge < -0.3 is 24.8 Å². The molecule has 210 valence electrons. The smallest absolute Gasteiger partial charge is 0.337 e. The standard InChI is InChI=1S/C32H33N5O3S/c1-20-11-13-24(14-12-20)34-28(38)15-17-36-30(29(35-32(36)41)27-10-5-6-16-33-27)26-18-21(2)37(22(26)3)25-9-7-8-23(19-25)31(39)40-4/h5-14,16,18-19,29-30H,15,17H2,1-4H3,(H,34,38)(H,35,41)/t29-,30+/m1/s1. The number of ether oxygens (including phenoxy) is 1. The molecule has 1 saturated heterocycles. The van der Waals surface area contributed by atoms with E-state index in [-0.39, 0.29) is 30.4 Å². The topological polar surface area (TPSA) is 88.5 Å². The highest BCUT2D eigenvalue weighted by atomic mass is 32.1. The highest BCUT2D eigenvalue weighted by Gasteiger charge is 2.41. The third kappa shape index (κ3) is 5.85. The zero-order valence-electron chi connectivity index (χ0n) is 23.5. The molecule has 0 spiro atoms. The number of aromatic nitrogens is 2. The van der Waals surface area contributed by atoms with Crippen molar-refractivity contribution in [1.29, 1.82) is 0 Å². The Labute approximate surface area is 245 Å². The summed E-state index contributed by atoms with van der Waals surface area (Å²) in [5.41, 5.74) is 7.19. The van der Waals surface area contributed by atoms with E-state index in [0.717, 1.165) is 39.6 Å². The van der Waals surface area contributed by atoms with E-state index in [9.17, 15) is 9.59 Å². The Morgan fingerprint density at radius 1 is 1.02 bits per heavy atom. The number of anilines is 1. The number of nitrogens with one attached hydrogen (secondary N) is 2. The van der Waals surface area contributed by atoms with Crippen molar-refractivity contribution in [2.75, 3.05) is 19.0 Å². The van der Waals surface area contributed by atoms with Crippen LogP contribution in [0, 0.1) is 20.8 Å². The molecule has 2 aromatic carbocycles. The van der Waals surface area contributed by atoms with Crippen LogP contribution < -0.4 is 10.6 Å². The van der Waals surface area contributed by atoms with Gasteiger partial charge in [-0.05, 0) is 87.1 Å². The highest BCUT2D eigenvalue weighted by Crippen LogP contribution is 2.41. The van der Waals surface area contributed by atoms with Crippen LogP contribution in [0.3, 0.4) is 0 Å². The molecule has 1 aliphatic rings. The number of hydrogen-bond acceptors (Lipinski definition) is 5. The number of carbonyl (C=O) groups excluding carboxylic acids is 2. The number of rotatable bonds is 8. The van der Waals surface area contributed by atoms with Gasteiger partial charge in [-0.1, -0.05) is 29.8 Å². The molecule has 8 nitrogen and oxygen atoms in total. The van der Waals surface area contributed by atoms with Gasteiger partial charge in [-0.3, -0.25) is 9.78 Å². The average molecular weight is 568 g/mol. The van der Waals surface area contributed by atoms with Gasteiger partial charge in [-0.15, -0.1) is 0 Å². The lowest BCUT2D eigenvalue weighted by Crippen LogP contribution is -2.32. The molecule has 3 heterocycles. The van der Waals surface area contributed by atoms with Crippen LogP contribution in [0.2, 0.25) is 0 Å². The van der Waals surface area contributed by atoms with Gasteiger partial charge in [0.2, 0.25) is 5.91 Å². The van der Waals surface area contributed by atoms with Crippen molar-refractivity contribution < 1.29 is 14.3 Å². The molecule has 2 atom stereocenters. The number of carbonyl (C=O) groups is 2. The molecule has 2 aromatic heterocycles. The monoisotopic (exact) mass is 567 g/mol. The van der Waals surface area contributed by atoms with Gasteiger partial charge in [0, 0.05) is 41.9 Å². The Hall–Kier alpha value is -4.50. The molecule has 1 aliphatic heterocycles. The molecule has 9 heteroatoms. The highest BCUT2D eigenvalue weighted by molar-refractivity contribution is 7.80. The first-order chi connectivity index (χ1) is 19.8. The first-order valence-electron chi connectivity index (χ1n) is 13.5. The second-order valence-electron chi connectivity index (χ2n) is 10.2. The zero-order chi connectivity index (χ0) is 29.1. The number of hydrogen-bond donors (Lipinski definition) is 2. The number of amides is 1. The minimum atomic E-state index is -0.384. The van der Waals surface area contributed by atoms with E-state index in [4.69, 9.17) is 17.0 Å². The summed E-state index contributed by atoms with van der Waals surface area (Å²) in [6.45, 7) is 6.54. The number of methoxy groups -OCH3 is 1. The zero-order valence-corrected chi connectivity index (χ0v) is 24.4. The van der Waals surface area contributed by atoms with Crippen molar-refractivity contribution in [2.45, 2.75) is 39.3 Å². The normalized spacial score (nSPS) is 16.4. The Balaban J connectivity index is 1.48. The lowest BCUT2D eigenvalue weighted by atomic mass is 9.96. The summed E-state index contributed by atoms with van der Waals surface area (Å²) < 4.78 is 7.06. The van der Waals surface area contributed by atoms with Gasteiger partial charge in [0.1, 0.15) is 0 Å². The van der Waals surface area contributed by atoms with E-state index in [2.05, 4.69) is 38.1 Å². The SMILES string of the molecule is COC(=O)c1cccc(-n2c(C)cc([C@H]3[C@@H](c4ccccn4)NC(=S)N3CCC(=O)Nc3ccc(C)cc3)c2C)c1. The molecular formula is C32H33N5O3S. The minimum absolute atomic E-state index is 0.0817. The number of nitrogens with zero attached hydrogens (tertiary/aromatic N) is 3. The fourth-order valence-corrected chi connectivity index (χ4v) is 5.77. The molecule has 1 amide bonds. The number of esters is 1. The molecule has 1 fully saturated rings. The van der Waals surface area contributed by atoms with Crippen LogP contribution in [-0.4, -0.2) is 45.1 Å². The summed E-state index contributed by atoms with van der Waals surface area (Å²) in [5.74, 6) is -0.466. The van der Waals surface area contributed by atoms with Gasteiger partial charge in [0.15, 0.2) is 5.11 Å².